The van der Waals surface area contributed by atoms with Gasteiger partial charge in [0.25, 0.3) is 8.53 Å². The van der Waals surface area contributed by atoms with Crippen molar-refractivity contribution in [3.8, 4) is 0 Å². The Kier molecular flexibility index (Phi) is 6.96. The van der Waals surface area contributed by atoms with Gasteiger partial charge in [0, 0.05) is 0 Å². The molecule has 0 aromatic rings. The third kappa shape index (κ3) is 8.41. The fourth-order valence-corrected chi connectivity index (χ4v) is 1.45. The molecule has 0 aromatic heterocycles. The molecule has 0 unspecified atom stereocenters. The summed E-state index contributed by atoms with van der Waals surface area (Å²) in [5.74, 6) is 1.03. The minimum Gasteiger partial charge on any atom is -0.322 e. The molecule has 12 heavy (non-hydrogen) atoms. The summed E-state index contributed by atoms with van der Waals surface area (Å²) in [4.78, 5) is 0. The van der Waals surface area contributed by atoms with E-state index in [0.29, 0.717) is 25.0 Å². The zero-order valence-electron chi connectivity index (χ0n) is 8.41. The summed E-state index contributed by atoms with van der Waals surface area (Å²) in [6.07, 6.45) is 0. The lowest BCUT2D eigenvalue weighted by Crippen LogP contribution is -2.07. The van der Waals surface area contributed by atoms with Gasteiger partial charge >= 0.3 is 0 Å². The van der Waals surface area contributed by atoms with Crippen molar-refractivity contribution in [1.82, 2.24) is 0 Å². The minimum atomic E-state index is -1.15. The molecule has 0 saturated carbocycles. The Balaban J connectivity index is 3.27. The van der Waals surface area contributed by atoms with E-state index < -0.39 is 8.53 Å². The van der Waals surface area contributed by atoms with Crippen LogP contribution in [0.4, 0.5) is 0 Å². The fraction of sp³-hybridized carbons (Fsp3) is 1.00. The molecule has 0 radical (unpaired) electrons. The van der Waals surface area contributed by atoms with Crippen molar-refractivity contribution in [3.63, 3.8) is 0 Å². The van der Waals surface area contributed by atoms with Crippen LogP contribution in [0.3, 0.4) is 0 Å². The molecule has 0 fully saturated rings. The highest BCUT2D eigenvalue weighted by Gasteiger charge is 2.06. The second-order valence-electron chi connectivity index (χ2n) is 3.66. The van der Waals surface area contributed by atoms with E-state index in [1.165, 1.54) is 0 Å². The van der Waals surface area contributed by atoms with Gasteiger partial charge < -0.3 is 9.05 Å². The number of hydrogen-bond donors (Lipinski definition) is 1. The van der Waals surface area contributed by atoms with Crippen LogP contribution < -0.4 is 5.50 Å². The van der Waals surface area contributed by atoms with Crippen LogP contribution in [-0.4, -0.2) is 13.2 Å². The van der Waals surface area contributed by atoms with Crippen LogP contribution in [-0.2, 0) is 9.05 Å². The Hall–Kier alpha value is 0.310. The standard InChI is InChI=1S/C8H20NO2P/c1-7(2)5-10-12(9)11-6-8(3)4/h7-8H,5-6,9H2,1-4H3. The normalized spacial score (nSPS) is 12.0. The van der Waals surface area contributed by atoms with Gasteiger partial charge in [0.05, 0.1) is 13.2 Å². The minimum absolute atomic E-state index is 0.515. The van der Waals surface area contributed by atoms with Crippen molar-refractivity contribution in [2.24, 2.45) is 17.3 Å². The summed E-state index contributed by atoms with van der Waals surface area (Å²) in [6.45, 7) is 9.72. The Labute approximate surface area is 76.6 Å². The topological polar surface area (TPSA) is 44.5 Å². The van der Waals surface area contributed by atoms with E-state index >= 15 is 0 Å². The lowest BCUT2D eigenvalue weighted by Gasteiger charge is -2.14. The number of nitrogens with two attached hydrogens (primary N) is 1. The lowest BCUT2D eigenvalue weighted by atomic mass is 10.2. The predicted molar refractivity (Wildman–Crippen MR) is 52.7 cm³/mol. The maximum Gasteiger partial charge on any atom is 0.252 e. The van der Waals surface area contributed by atoms with Gasteiger partial charge in [0.2, 0.25) is 0 Å². The Morgan fingerprint density at radius 2 is 1.33 bits per heavy atom. The van der Waals surface area contributed by atoms with Crippen molar-refractivity contribution in [2.45, 2.75) is 27.7 Å². The molecule has 0 aliphatic heterocycles. The number of rotatable bonds is 6. The van der Waals surface area contributed by atoms with Crippen molar-refractivity contribution < 1.29 is 9.05 Å². The van der Waals surface area contributed by atoms with Gasteiger partial charge in [-0.2, -0.15) is 0 Å². The highest BCUT2D eigenvalue weighted by Crippen LogP contribution is 2.29. The molecule has 74 valence electrons. The predicted octanol–water partition coefficient (Wildman–Crippen LogP) is 2.52. The third-order valence-corrected chi connectivity index (χ3v) is 1.88. The summed E-state index contributed by atoms with van der Waals surface area (Å²) >= 11 is 0. The molecule has 4 heteroatoms. The Bertz CT molecular complexity index is 97.2. The van der Waals surface area contributed by atoms with Crippen LogP contribution in [0.2, 0.25) is 0 Å². The van der Waals surface area contributed by atoms with Gasteiger partial charge in [-0.15, -0.1) is 0 Å². The average Bonchev–Trinajstić information content (AvgIpc) is 1.96. The van der Waals surface area contributed by atoms with Gasteiger partial charge in [-0.3, -0.25) is 5.50 Å². The van der Waals surface area contributed by atoms with Gasteiger partial charge in [0.1, 0.15) is 0 Å². The van der Waals surface area contributed by atoms with E-state index in [4.69, 9.17) is 14.6 Å². The molecule has 0 aromatic carbocycles. The maximum atomic E-state index is 5.59. The Morgan fingerprint density at radius 1 is 1.00 bits per heavy atom. The number of hydrogen-bond acceptors (Lipinski definition) is 3. The second-order valence-corrected chi connectivity index (χ2v) is 4.75. The molecule has 0 rings (SSSR count). The second kappa shape index (κ2) is 6.79. The molecule has 0 amide bonds. The molecule has 0 atom stereocenters. The molecular weight excluding hydrogens is 173 g/mol. The highest BCUT2D eigenvalue weighted by molar-refractivity contribution is 7.44. The first-order valence-electron chi connectivity index (χ1n) is 4.33. The van der Waals surface area contributed by atoms with Gasteiger partial charge in [-0.05, 0) is 11.8 Å². The van der Waals surface area contributed by atoms with E-state index in [9.17, 15) is 0 Å². The zero-order valence-corrected chi connectivity index (χ0v) is 9.30. The molecule has 0 aliphatic carbocycles. The van der Waals surface area contributed by atoms with E-state index in [2.05, 4.69) is 27.7 Å². The van der Waals surface area contributed by atoms with Crippen LogP contribution in [0.15, 0.2) is 0 Å². The summed E-state index contributed by atoms with van der Waals surface area (Å²) in [7, 11) is -1.15. The molecule has 0 saturated heterocycles. The van der Waals surface area contributed by atoms with E-state index in [1.807, 2.05) is 0 Å². The van der Waals surface area contributed by atoms with Crippen molar-refractivity contribution in [1.29, 1.82) is 0 Å². The van der Waals surface area contributed by atoms with E-state index in [0.717, 1.165) is 0 Å². The molecule has 2 N–H and O–H groups in total. The van der Waals surface area contributed by atoms with E-state index in [1.54, 1.807) is 0 Å². The Morgan fingerprint density at radius 3 is 1.58 bits per heavy atom. The molecule has 0 aliphatic rings. The van der Waals surface area contributed by atoms with Crippen LogP contribution in [0.5, 0.6) is 0 Å². The summed E-state index contributed by atoms with van der Waals surface area (Å²) in [5, 5.41) is 0. The molecular formula is C8H20NO2P. The molecule has 0 heterocycles. The van der Waals surface area contributed by atoms with Crippen LogP contribution in [0, 0.1) is 11.8 Å². The van der Waals surface area contributed by atoms with Crippen LogP contribution in [0.1, 0.15) is 27.7 Å². The largest absolute Gasteiger partial charge is 0.322 e. The summed E-state index contributed by atoms with van der Waals surface area (Å²) in [5.41, 5.74) is 5.59. The summed E-state index contributed by atoms with van der Waals surface area (Å²) < 4.78 is 10.5. The lowest BCUT2D eigenvalue weighted by molar-refractivity contribution is 0.210. The SMILES string of the molecule is CC(C)COP(N)OCC(C)C. The van der Waals surface area contributed by atoms with Crippen molar-refractivity contribution in [2.75, 3.05) is 13.2 Å². The molecule has 0 bridgehead atoms. The van der Waals surface area contributed by atoms with Crippen LogP contribution >= 0.6 is 8.53 Å². The van der Waals surface area contributed by atoms with Crippen molar-refractivity contribution >= 4 is 8.53 Å². The first-order chi connectivity index (χ1) is 5.52. The van der Waals surface area contributed by atoms with E-state index in [-0.39, 0.29) is 0 Å². The highest BCUT2D eigenvalue weighted by atomic mass is 31.2. The van der Waals surface area contributed by atoms with Gasteiger partial charge in [-0.25, -0.2) is 0 Å². The summed E-state index contributed by atoms with van der Waals surface area (Å²) in [6, 6.07) is 0. The maximum absolute atomic E-state index is 5.59. The third-order valence-electron chi connectivity index (χ3n) is 1.07. The van der Waals surface area contributed by atoms with Gasteiger partial charge in [-0.1, -0.05) is 27.7 Å². The smallest absolute Gasteiger partial charge is 0.252 e. The molecule has 3 nitrogen and oxygen atoms in total. The first-order valence-corrected chi connectivity index (χ1v) is 5.57. The van der Waals surface area contributed by atoms with Crippen LogP contribution in [0.25, 0.3) is 0 Å². The average molecular weight is 193 g/mol. The zero-order chi connectivity index (χ0) is 9.56. The monoisotopic (exact) mass is 193 g/mol. The fourth-order valence-electron chi connectivity index (χ4n) is 0.482. The van der Waals surface area contributed by atoms with Crippen molar-refractivity contribution in [3.05, 3.63) is 0 Å². The quantitative estimate of drug-likeness (QED) is 0.659. The molecule has 0 spiro atoms. The first kappa shape index (κ1) is 12.3. The van der Waals surface area contributed by atoms with Gasteiger partial charge in [0.15, 0.2) is 0 Å².